The van der Waals surface area contributed by atoms with Gasteiger partial charge in [0.15, 0.2) is 0 Å². The van der Waals surface area contributed by atoms with Crippen LogP contribution in [0.25, 0.3) is 53.3 Å². The van der Waals surface area contributed by atoms with Gasteiger partial charge in [-0.3, -0.25) is 0 Å². The van der Waals surface area contributed by atoms with Crippen LogP contribution in [0.3, 0.4) is 0 Å². The van der Waals surface area contributed by atoms with Crippen LogP contribution < -0.4 is 4.40 Å². The summed E-state index contributed by atoms with van der Waals surface area (Å²) in [6, 6.07) is 31.7. The van der Waals surface area contributed by atoms with Crippen molar-refractivity contribution in [2.45, 2.75) is 37.0 Å². The molecule has 0 spiro atoms. The summed E-state index contributed by atoms with van der Waals surface area (Å²) in [5.74, 6) is 7.80. The zero-order chi connectivity index (χ0) is 25.0. The number of fused-ring (bicyclic) bond motifs is 4. The Morgan fingerprint density at radius 2 is 1.50 bits per heavy atom. The molecule has 0 atom stereocenters. The van der Waals surface area contributed by atoms with Crippen molar-refractivity contribution in [1.29, 1.82) is 0 Å². The standard InChI is InChI=1S/C33H31GeNS/c1-21(2)29-20-24(19-23-9-6-7-10-26(23)29)32-31-28-12-8-11-27(33(28)36-30(31)17-18-35-32)22-13-15-25(16-14-22)34(3,4)5/h6-21H,1-5H3. The summed E-state index contributed by atoms with van der Waals surface area (Å²) in [7, 11) is 0. The molecule has 36 heavy (non-hydrogen) atoms. The Kier molecular flexibility index (Phi) is 5.77. The molecule has 3 heteroatoms. The van der Waals surface area contributed by atoms with Crippen molar-refractivity contribution in [1.82, 2.24) is 4.98 Å². The molecular formula is C33H31GeNS. The Bertz CT molecular complexity index is 1740. The molecule has 2 heterocycles. The minimum atomic E-state index is -1.84. The molecule has 0 bridgehead atoms. The molecule has 0 unspecified atom stereocenters. The zero-order valence-corrected chi connectivity index (χ0v) is 24.5. The monoisotopic (exact) mass is 547 g/mol. The van der Waals surface area contributed by atoms with Crippen molar-refractivity contribution in [3.8, 4) is 22.4 Å². The van der Waals surface area contributed by atoms with Gasteiger partial charge in [-0.05, 0) is 11.3 Å². The smallest absolute Gasteiger partial charge is 0.0616 e. The minimum Gasteiger partial charge on any atom is -0.0616 e. The SMILES string of the molecule is CC(C)c1cc(-c2nccc3sc4c(-c5cc[c]([Ge]([CH3])([CH3])[CH3])cc5)cccc4c23)cc2ccccc12. The van der Waals surface area contributed by atoms with Gasteiger partial charge in [0, 0.05) is 0 Å². The average Bonchev–Trinajstić information content (AvgIpc) is 3.26. The van der Waals surface area contributed by atoms with E-state index in [9.17, 15) is 0 Å². The molecule has 0 aliphatic heterocycles. The van der Waals surface area contributed by atoms with Gasteiger partial charge in [0.1, 0.15) is 0 Å². The molecule has 0 aliphatic carbocycles. The van der Waals surface area contributed by atoms with Gasteiger partial charge in [-0.2, -0.15) is 0 Å². The summed E-state index contributed by atoms with van der Waals surface area (Å²) in [4.78, 5) is 4.96. The van der Waals surface area contributed by atoms with Crippen LogP contribution in [0.15, 0.2) is 91.1 Å². The summed E-state index contributed by atoms with van der Waals surface area (Å²) in [6.45, 7) is 4.56. The fraction of sp³-hybridized carbons (Fsp3) is 0.182. The third kappa shape index (κ3) is 3.97. The van der Waals surface area contributed by atoms with E-state index < -0.39 is 13.3 Å². The van der Waals surface area contributed by atoms with E-state index >= 15 is 0 Å². The van der Waals surface area contributed by atoms with Gasteiger partial charge in [0.2, 0.25) is 0 Å². The van der Waals surface area contributed by atoms with Crippen molar-refractivity contribution in [2.75, 3.05) is 0 Å². The van der Waals surface area contributed by atoms with E-state index in [4.69, 9.17) is 4.98 Å². The zero-order valence-electron chi connectivity index (χ0n) is 21.6. The topological polar surface area (TPSA) is 12.9 Å². The van der Waals surface area contributed by atoms with Crippen LogP contribution in [-0.4, -0.2) is 18.3 Å². The molecule has 4 aromatic carbocycles. The van der Waals surface area contributed by atoms with E-state index in [2.05, 4.69) is 116 Å². The van der Waals surface area contributed by atoms with Crippen LogP contribution in [0.1, 0.15) is 25.3 Å². The second-order valence-electron chi connectivity index (χ2n) is 11.1. The van der Waals surface area contributed by atoms with E-state index in [1.165, 1.54) is 53.2 Å². The van der Waals surface area contributed by atoms with Gasteiger partial charge in [-0.1, -0.05) is 38.1 Å². The summed E-state index contributed by atoms with van der Waals surface area (Å²) in [5, 5.41) is 5.18. The number of hydrogen-bond acceptors (Lipinski definition) is 2. The quantitative estimate of drug-likeness (QED) is 0.201. The molecule has 178 valence electrons. The molecule has 0 aliphatic rings. The average molecular weight is 546 g/mol. The maximum atomic E-state index is 4.96. The van der Waals surface area contributed by atoms with Crippen molar-refractivity contribution in [3.63, 3.8) is 0 Å². The van der Waals surface area contributed by atoms with Crippen LogP contribution in [-0.2, 0) is 0 Å². The third-order valence-electron chi connectivity index (χ3n) is 7.26. The maximum absolute atomic E-state index is 4.96. The first-order valence-corrected chi connectivity index (χ1v) is 20.9. The van der Waals surface area contributed by atoms with Gasteiger partial charge < -0.3 is 0 Å². The molecule has 0 saturated carbocycles. The Morgan fingerprint density at radius 1 is 0.750 bits per heavy atom. The van der Waals surface area contributed by atoms with Crippen LogP contribution in [0.2, 0.25) is 17.3 Å². The number of aromatic nitrogens is 1. The minimum absolute atomic E-state index is 0.445. The summed E-state index contributed by atoms with van der Waals surface area (Å²) in [5.41, 5.74) is 6.28. The number of pyridine rings is 1. The second-order valence-corrected chi connectivity index (χ2v) is 22.8. The van der Waals surface area contributed by atoms with Crippen LogP contribution >= 0.6 is 11.3 Å². The first-order chi connectivity index (χ1) is 17.3. The molecule has 0 saturated heterocycles. The predicted octanol–water partition coefficient (Wildman–Crippen LogP) is 9.61. The van der Waals surface area contributed by atoms with Crippen LogP contribution in [0, 0.1) is 0 Å². The molecule has 0 fully saturated rings. The van der Waals surface area contributed by atoms with Gasteiger partial charge in [-0.25, -0.2) is 0 Å². The van der Waals surface area contributed by atoms with Crippen LogP contribution in [0.5, 0.6) is 0 Å². The van der Waals surface area contributed by atoms with E-state index in [1.807, 2.05) is 17.5 Å². The Labute approximate surface area is 220 Å². The fourth-order valence-electron chi connectivity index (χ4n) is 5.29. The first kappa shape index (κ1) is 23.5. The van der Waals surface area contributed by atoms with Crippen molar-refractivity contribution < 1.29 is 0 Å². The van der Waals surface area contributed by atoms with E-state index in [-0.39, 0.29) is 0 Å². The summed E-state index contributed by atoms with van der Waals surface area (Å²) in [6.07, 6.45) is 1.97. The molecule has 6 rings (SSSR count). The number of thiophene rings is 1. The number of hydrogen-bond donors (Lipinski definition) is 0. The molecule has 6 aromatic rings. The third-order valence-corrected chi connectivity index (χ3v) is 12.8. The number of nitrogens with zero attached hydrogens (tertiary/aromatic N) is 1. The Balaban J connectivity index is 1.58. The predicted molar refractivity (Wildman–Crippen MR) is 163 cm³/mol. The Morgan fingerprint density at radius 3 is 2.25 bits per heavy atom. The normalized spacial score (nSPS) is 12.3. The fourth-order valence-corrected chi connectivity index (χ4v) is 8.98. The Hall–Kier alpha value is -2.95. The van der Waals surface area contributed by atoms with Gasteiger partial charge in [0.05, 0.1) is 0 Å². The summed E-state index contributed by atoms with van der Waals surface area (Å²) < 4.78 is 4.19. The van der Waals surface area contributed by atoms with E-state index in [1.54, 1.807) is 4.40 Å². The second kappa shape index (κ2) is 8.86. The van der Waals surface area contributed by atoms with Crippen LogP contribution in [0.4, 0.5) is 0 Å². The van der Waals surface area contributed by atoms with E-state index in [0.29, 0.717) is 5.92 Å². The van der Waals surface area contributed by atoms with Gasteiger partial charge in [0.25, 0.3) is 0 Å². The van der Waals surface area contributed by atoms with Crippen molar-refractivity contribution in [2.24, 2.45) is 0 Å². The molecule has 2 aromatic heterocycles. The molecule has 0 amide bonds. The molecule has 0 radical (unpaired) electrons. The molecule has 0 N–H and O–H groups in total. The van der Waals surface area contributed by atoms with Crippen molar-refractivity contribution in [3.05, 3.63) is 96.7 Å². The summed E-state index contributed by atoms with van der Waals surface area (Å²) >= 11 is 0.0523. The first-order valence-electron chi connectivity index (χ1n) is 12.8. The van der Waals surface area contributed by atoms with Crippen molar-refractivity contribution >= 4 is 59.9 Å². The van der Waals surface area contributed by atoms with Gasteiger partial charge >= 0.3 is 172 Å². The number of benzene rings is 4. The molecular weight excluding hydrogens is 515 g/mol. The van der Waals surface area contributed by atoms with Gasteiger partial charge in [-0.15, -0.1) is 0 Å². The van der Waals surface area contributed by atoms with E-state index in [0.717, 1.165) is 5.69 Å². The molecule has 1 nitrogen and oxygen atoms in total. The number of rotatable bonds is 4.